The van der Waals surface area contributed by atoms with E-state index in [2.05, 4.69) is 5.32 Å². The van der Waals surface area contributed by atoms with Crippen LogP contribution in [-0.4, -0.2) is 18.6 Å². The monoisotopic (exact) mass is 256 g/mol. The van der Waals surface area contributed by atoms with Crippen LogP contribution < -0.4 is 15.8 Å². The highest BCUT2D eigenvalue weighted by Crippen LogP contribution is 2.30. The number of carbonyl (C=O) groups excluding carboxylic acids is 1. The number of benzene rings is 1. The Bertz CT molecular complexity index is 374. The minimum absolute atomic E-state index is 0.0503. The van der Waals surface area contributed by atoms with Crippen molar-refractivity contribution in [2.45, 2.75) is 26.3 Å². The molecule has 0 saturated heterocycles. The van der Waals surface area contributed by atoms with Crippen molar-refractivity contribution in [2.24, 2.45) is 0 Å². The molecule has 1 aromatic rings. The minimum atomic E-state index is -0.0503. The van der Waals surface area contributed by atoms with Crippen LogP contribution in [-0.2, 0) is 4.79 Å². The van der Waals surface area contributed by atoms with Gasteiger partial charge in [-0.2, -0.15) is 0 Å². The lowest BCUT2D eigenvalue weighted by Gasteiger charge is -2.11. The van der Waals surface area contributed by atoms with Gasteiger partial charge in [0.1, 0.15) is 0 Å². The molecule has 0 fully saturated rings. The van der Waals surface area contributed by atoms with Gasteiger partial charge in [-0.05, 0) is 26.0 Å². The maximum Gasteiger partial charge on any atom is 0.223 e. The molecule has 0 spiro atoms. The highest BCUT2D eigenvalue weighted by atomic mass is 35.5. The first-order chi connectivity index (χ1) is 8.00. The van der Waals surface area contributed by atoms with E-state index >= 15 is 0 Å². The molecule has 5 heteroatoms. The molecule has 0 aliphatic heterocycles. The first-order valence-corrected chi connectivity index (χ1v) is 5.84. The topological polar surface area (TPSA) is 64.3 Å². The van der Waals surface area contributed by atoms with Gasteiger partial charge in [-0.25, -0.2) is 0 Å². The van der Waals surface area contributed by atoms with Gasteiger partial charge >= 0.3 is 0 Å². The summed E-state index contributed by atoms with van der Waals surface area (Å²) in [6.07, 6.45) is 0.281. The SMILES string of the molecule is CC(C)NC(=O)CCOc1c(N)cccc1Cl. The van der Waals surface area contributed by atoms with Gasteiger partial charge in [0.15, 0.2) is 5.75 Å². The lowest BCUT2D eigenvalue weighted by Crippen LogP contribution is -2.31. The highest BCUT2D eigenvalue weighted by Gasteiger charge is 2.07. The zero-order valence-corrected chi connectivity index (χ0v) is 10.8. The van der Waals surface area contributed by atoms with Crippen molar-refractivity contribution in [1.82, 2.24) is 5.32 Å². The Morgan fingerprint density at radius 2 is 2.24 bits per heavy atom. The van der Waals surface area contributed by atoms with Crippen molar-refractivity contribution in [3.8, 4) is 5.75 Å². The van der Waals surface area contributed by atoms with E-state index in [9.17, 15) is 4.79 Å². The fourth-order valence-electron chi connectivity index (χ4n) is 1.32. The number of ether oxygens (including phenoxy) is 1. The van der Waals surface area contributed by atoms with Gasteiger partial charge in [0.25, 0.3) is 0 Å². The lowest BCUT2D eigenvalue weighted by molar-refractivity contribution is -0.122. The first-order valence-electron chi connectivity index (χ1n) is 5.47. The summed E-state index contributed by atoms with van der Waals surface area (Å²) in [7, 11) is 0. The normalized spacial score (nSPS) is 10.4. The quantitative estimate of drug-likeness (QED) is 0.794. The molecule has 0 unspecified atom stereocenters. The second-order valence-electron chi connectivity index (χ2n) is 3.98. The fraction of sp³-hybridized carbons (Fsp3) is 0.417. The van der Waals surface area contributed by atoms with Gasteiger partial charge in [0.05, 0.1) is 23.7 Å². The van der Waals surface area contributed by atoms with Crippen LogP contribution >= 0.6 is 11.6 Å². The zero-order valence-electron chi connectivity index (χ0n) is 10.00. The summed E-state index contributed by atoms with van der Waals surface area (Å²) in [5.74, 6) is 0.386. The largest absolute Gasteiger partial charge is 0.489 e. The number of nitrogens with two attached hydrogens (primary N) is 1. The summed E-state index contributed by atoms with van der Waals surface area (Å²) in [4.78, 5) is 11.4. The Hall–Kier alpha value is -1.42. The molecule has 0 radical (unpaired) electrons. The Balaban J connectivity index is 2.43. The van der Waals surface area contributed by atoms with E-state index in [-0.39, 0.29) is 25.0 Å². The zero-order chi connectivity index (χ0) is 12.8. The van der Waals surface area contributed by atoms with Crippen LogP contribution in [0, 0.1) is 0 Å². The summed E-state index contributed by atoms with van der Waals surface area (Å²) in [6, 6.07) is 5.28. The van der Waals surface area contributed by atoms with Crippen LogP contribution in [0.15, 0.2) is 18.2 Å². The van der Waals surface area contributed by atoms with Gasteiger partial charge in [0.2, 0.25) is 5.91 Å². The van der Waals surface area contributed by atoms with Gasteiger partial charge in [-0.3, -0.25) is 4.79 Å². The van der Waals surface area contributed by atoms with Crippen LogP contribution in [0.4, 0.5) is 5.69 Å². The van der Waals surface area contributed by atoms with E-state index in [4.69, 9.17) is 22.1 Å². The van der Waals surface area contributed by atoms with Gasteiger partial charge in [-0.15, -0.1) is 0 Å². The molecule has 0 heterocycles. The molecule has 1 amide bonds. The Morgan fingerprint density at radius 3 is 2.82 bits per heavy atom. The van der Waals surface area contributed by atoms with Gasteiger partial charge in [0, 0.05) is 6.04 Å². The molecule has 3 N–H and O–H groups in total. The van der Waals surface area contributed by atoms with Crippen LogP contribution in [0.3, 0.4) is 0 Å². The smallest absolute Gasteiger partial charge is 0.223 e. The third kappa shape index (κ3) is 4.53. The van der Waals surface area contributed by atoms with Crippen LogP contribution in [0.1, 0.15) is 20.3 Å². The number of para-hydroxylation sites is 1. The average molecular weight is 257 g/mol. The van der Waals surface area contributed by atoms with Crippen molar-refractivity contribution in [3.63, 3.8) is 0 Å². The highest BCUT2D eigenvalue weighted by molar-refractivity contribution is 6.32. The van der Waals surface area contributed by atoms with E-state index in [1.54, 1.807) is 18.2 Å². The van der Waals surface area contributed by atoms with Crippen molar-refractivity contribution in [1.29, 1.82) is 0 Å². The Kier molecular flexibility index (Phi) is 5.10. The van der Waals surface area contributed by atoms with Gasteiger partial charge in [-0.1, -0.05) is 17.7 Å². The molecule has 1 aromatic carbocycles. The molecule has 17 heavy (non-hydrogen) atoms. The third-order valence-corrected chi connectivity index (χ3v) is 2.32. The van der Waals surface area contributed by atoms with Crippen LogP contribution in [0.25, 0.3) is 0 Å². The summed E-state index contributed by atoms with van der Waals surface area (Å²) >= 11 is 5.92. The number of anilines is 1. The molecule has 0 aromatic heterocycles. The molecule has 0 aliphatic rings. The molecular weight excluding hydrogens is 240 g/mol. The third-order valence-electron chi connectivity index (χ3n) is 2.02. The maximum absolute atomic E-state index is 11.4. The standard InChI is InChI=1S/C12H17ClN2O2/c1-8(2)15-11(16)6-7-17-12-9(13)4-3-5-10(12)14/h3-5,8H,6-7,14H2,1-2H3,(H,15,16). The second-order valence-corrected chi connectivity index (χ2v) is 4.39. The average Bonchev–Trinajstić information content (AvgIpc) is 2.21. The summed E-state index contributed by atoms with van der Waals surface area (Å²) in [6.45, 7) is 4.07. The van der Waals surface area contributed by atoms with E-state index in [0.29, 0.717) is 16.5 Å². The summed E-state index contributed by atoms with van der Waals surface area (Å²) < 4.78 is 5.40. The lowest BCUT2D eigenvalue weighted by atomic mass is 10.3. The van der Waals surface area contributed by atoms with Crippen LogP contribution in [0.2, 0.25) is 5.02 Å². The second kappa shape index (κ2) is 6.35. The maximum atomic E-state index is 11.4. The Labute approximate surface area is 106 Å². The van der Waals surface area contributed by atoms with Gasteiger partial charge < -0.3 is 15.8 Å². The number of rotatable bonds is 5. The molecule has 0 bridgehead atoms. The number of carbonyl (C=O) groups is 1. The van der Waals surface area contributed by atoms with E-state index in [0.717, 1.165) is 0 Å². The van der Waals surface area contributed by atoms with E-state index < -0.39 is 0 Å². The number of nitrogen functional groups attached to an aromatic ring is 1. The number of hydrogen-bond donors (Lipinski definition) is 2. The van der Waals surface area contributed by atoms with Crippen molar-refractivity contribution < 1.29 is 9.53 Å². The molecule has 0 atom stereocenters. The van der Waals surface area contributed by atoms with E-state index in [1.165, 1.54) is 0 Å². The number of hydrogen-bond acceptors (Lipinski definition) is 3. The van der Waals surface area contributed by atoms with Crippen LogP contribution in [0.5, 0.6) is 5.75 Å². The molecule has 4 nitrogen and oxygen atoms in total. The Morgan fingerprint density at radius 1 is 1.53 bits per heavy atom. The number of nitrogens with one attached hydrogen (secondary N) is 1. The minimum Gasteiger partial charge on any atom is -0.489 e. The molecular formula is C12H17ClN2O2. The number of amides is 1. The summed E-state index contributed by atoms with van der Waals surface area (Å²) in [5.41, 5.74) is 6.18. The molecule has 0 aliphatic carbocycles. The van der Waals surface area contributed by atoms with Crippen molar-refractivity contribution in [3.05, 3.63) is 23.2 Å². The van der Waals surface area contributed by atoms with E-state index in [1.807, 2.05) is 13.8 Å². The van der Waals surface area contributed by atoms with Crippen molar-refractivity contribution in [2.75, 3.05) is 12.3 Å². The number of halogens is 1. The first kappa shape index (κ1) is 13.6. The molecule has 1 rings (SSSR count). The molecule has 0 saturated carbocycles. The summed E-state index contributed by atoms with van der Waals surface area (Å²) in [5, 5.41) is 3.23. The van der Waals surface area contributed by atoms with Crippen molar-refractivity contribution >= 4 is 23.2 Å². The fourth-order valence-corrected chi connectivity index (χ4v) is 1.55. The predicted octanol–water partition coefficient (Wildman–Crippen LogP) is 2.22. The predicted molar refractivity (Wildman–Crippen MR) is 69.3 cm³/mol. The molecule has 94 valence electrons.